The van der Waals surface area contributed by atoms with E-state index in [4.69, 9.17) is 4.74 Å². The van der Waals surface area contributed by atoms with Crippen LogP contribution in [0.3, 0.4) is 0 Å². The van der Waals surface area contributed by atoms with Crippen LogP contribution in [0.5, 0.6) is 5.75 Å². The molecule has 1 fully saturated rings. The average molecular weight is 399 g/mol. The second-order valence-corrected chi connectivity index (χ2v) is 7.92. The Morgan fingerprint density at radius 2 is 1.67 bits per heavy atom. The molecule has 4 nitrogen and oxygen atoms in total. The van der Waals surface area contributed by atoms with Gasteiger partial charge in [0.15, 0.2) is 0 Å². The molecule has 3 aromatic rings. The third-order valence-corrected chi connectivity index (χ3v) is 5.51. The van der Waals surface area contributed by atoms with E-state index in [0.717, 1.165) is 28.8 Å². The van der Waals surface area contributed by atoms with Gasteiger partial charge in [-0.1, -0.05) is 54.6 Å². The van der Waals surface area contributed by atoms with Crippen molar-refractivity contribution in [3.8, 4) is 5.75 Å². The molecule has 1 heterocycles. The Hall–Kier alpha value is -3.40. The molecule has 0 aromatic heterocycles. The van der Waals surface area contributed by atoms with Crippen LogP contribution in [0.2, 0.25) is 0 Å². The summed E-state index contributed by atoms with van der Waals surface area (Å²) in [6.45, 7) is 4.33. The average Bonchev–Trinajstić information content (AvgIpc) is 3.14. The topological polar surface area (TPSA) is 46.6 Å². The third kappa shape index (κ3) is 4.43. The molecule has 0 aliphatic carbocycles. The predicted octanol–water partition coefficient (Wildman–Crippen LogP) is 4.85. The largest absolute Gasteiger partial charge is 0.426 e. The standard InChI is InChI=1S/C26H25NO3/c1-18-8-9-19(2)24(14-18)27-17-22(16-25(27)28)26(29)30-23-12-10-21(11-13-23)15-20-6-4-3-5-7-20/h3-14,22H,15-17H2,1-2H3/t22-/m0/s1. The van der Waals surface area contributed by atoms with E-state index in [1.165, 1.54) is 5.56 Å². The molecule has 1 aliphatic heterocycles. The van der Waals surface area contributed by atoms with E-state index in [2.05, 4.69) is 12.1 Å². The van der Waals surface area contributed by atoms with Gasteiger partial charge in [-0.05, 0) is 60.7 Å². The Labute approximate surface area is 177 Å². The summed E-state index contributed by atoms with van der Waals surface area (Å²) in [5.74, 6) is -0.341. The molecule has 4 heteroatoms. The molecule has 0 unspecified atom stereocenters. The zero-order valence-electron chi connectivity index (χ0n) is 17.3. The molecule has 0 saturated carbocycles. The van der Waals surface area contributed by atoms with Crippen LogP contribution in [0.15, 0.2) is 72.8 Å². The number of esters is 1. The fraction of sp³-hybridized carbons (Fsp3) is 0.231. The lowest BCUT2D eigenvalue weighted by Gasteiger charge is -2.19. The van der Waals surface area contributed by atoms with Crippen LogP contribution < -0.4 is 9.64 Å². The van der Waals surface area contributed by atoms with Gasteiger partial charge in [0.25, 0.3) is 0 Å². The Morgan fingerprint density at radius 3 is 2.40 bits per heavy atom. The van der Waals surface area contributed by atoms with Crippen molar-refractivity contribution < 1.29 is 14.3 Å². The number of nitrogens with zero attached hydrogens (tertiary/aromatic N) is 1. The molecule has 152 valence electrons. The van der Waals surface area contributed by atoms with E-state index in [9.17, 15) is 9.59 Å². The van der Waals surface area contributed by atoms with Gasteiger partial charge < -0.3 is 9.64 Å². The maximum Gasteiger partial charge on any atom is 0.316 e. The molecule has 0 radical (unpaired) electrons. The number of aryl methyl sites for hydroxylation is 2. The summed E-state index contributed by atoms with van der Waals surface area (Å²) in [6, 6.07) is 23.8. The zero-order valence-corrected chi connectivity index (χ0v) is 17.3. The Morgan fingerprint density at radius 1 is 0.967 bits per heavy atom. The van der Waals surface area contributed by atoms with Crippen LogP contribution in [0.4, 0.5) is 5.69 Å². The minimum Gasteiger partial charge on any atom is -0.426 e. The Balaban J connectivity index is 1.39. The molecule has 4 rings (SSSR count). The number of carbonyl (C=O) groups excluding carboxylic acids is 2. The molecule has 1 atom stereocenters. The summed E-state index contributed by atoms with van der Waals surface area (Å²) in [5, 5.41) is 0. The van der Waals surface area contributed by atoms with Gasteiger partial charge in [-0.15, -0.1) is 0 Å². The summed E-state index contributed by atoms with van der Waals surface area (Å²) in [6.07, 6.45) is 1.01. The summed E-state index contributed by atoms with van der Waals surface area (Å²) >= 11 is 0. The van der Waals surface area contributed by atoms with Crippen molar-refractivity contribution in [1.82, 2.24) is 0 Å². The minimum absolute atomic E-state index is 0.0381. The van der Waals surface area contributed by atoms with Gasteiger partial charge in [0.05, 0.1) is 5.92 Å². The first-order valence-electron chi connectivity index (χ1n) is 10.2. The summed E-state index contributed by atoms with van der Waals surface area (Å²) in [4.78, 5) is 26.9. The molecule has 0 bridgehead atoms. The van der Waals surface area contributed by atoms with Gasteiger partial charge in [-0.3, -0.25) is 9.59 Å². The van der Waals surface area contributed by atoms with E-state index in [1.807, 2.05) is 74.5 Å². The highest BCUT2D eigenvalue weighted by Gasteiger charge is 2.37. The second-order valence-electron chi connectivity index (χ2n) is 7.92. The number of benzene rings is 3. The lowest BCUT2D eigenvalue weighted by molar-refractivity contribution is -0.139. The second kappa shape index (κ2) is 8.54. The first kappa shape index (κ1) is 19.9. The van der Waals surface area contributed by atoms with Crippen LogP contribution in [0.1, 0.15) is 28.7 Å². The van der Waals surface area contributed by atoms with Crippen molar-refractivity contribution in [3.63, 3.8) is 0 Å². The van der Waals surface area contributed by atoms with E-state index in [1.54, 1.807) is 4.90 Å². The monoisotopic (exact) mass is 399 g/mol. The van der Waals surface area contributed by atoms with Gasteiger partial charge in [0.2, 0.25) is 5.91 Å². The number of anilines is 1. The van der Waals surface area contributed by atoms with Gasteiger partial charge in [0, 0.05) is 18.7 Å². The Bertz CT molecular complexity index is 1060. The maximum atomic E-state index is 12.7. The number of amides is 1. The predicted molar refractivity (Wildman–Crippen MR) is 118 cm³/mol. The van der Waals surface area contributed by atoms with Crippen LogP contribution in [-0.4, -0.2) is 18.4 Å². The van der Waals surface area contributed by atoms with E-state index < -0.39 is 5.92 Å². The fourth-order valence-corrected chi connectivity index (χ4v) is 3.81. The summed E-state index contributed by atoms with van der Waals surface area (Å²) < 4.78 is 5.57. The molecule has 1 amide bonds. The van der Waals surface area contributed by atoms with Gasteiger partial charge >= 0.3 is 5.97 Å². The molecule has 30 heavy (non-hydrogen) atoms. The molecule has 1 saturated heterocycles. The smallest absolute Gasteiger partial charge is 0.316 e. The normalized spacial score (nSPS) is 16.0. The van der Waals surface area contributed by atoms with Crippen molar-refractivity contribution in [2.75, 3.05) is 11.4 Å². The van der Waals surface area contributed by atoms with Crippen LogP contribution in [0.25, 0.3) is 0 Å². The molecule has 3 aromatic carbocycles. The molecule has 1 aliphatic rings. The van der Waals surface area contributed by atoms with Crippen molar-refractivity contribution in [1.29, 1.82) is 0 Å². The molecule has 0 spiro atoms. The van der Waals surface area contributed by atoms with Crippen LogP contribution in [-0.2, 0) is 16.0 Å². The van der Waals surface area contributed by atoms with Crippen molar-refractivity contribution in [3.05, 3.63) is 95.1 Å². The molecular formula is C26H25NO3. The quantitative estimate of drug-likeness (QED) is 0.455. The highest BCUT2D eigenvalue weighted by molar-refractivity contribution is 6.00. The third-order valence-electron chi connectivity index (χ3n) is 5.51. The van der Waals surface area contributed by atoms with Gasteiger partial charge in [0.1, 0.15) is 5.75 Å². The Kier molecular flexibility index (Phi) is 5.66. The maximum absolute atomic E-state index is 12.7. The molecule has 0 N–H and O–H groups in total. The highest BCUT2D eigenvalue weighted by atomic mass is 16.5. The van der Waals surface area contributed by atoms with Crippen molar-refractivity contribution in [2.45, 2.75) is 26.7 Å². The fourth-order valence-electron chi connectivity index (χ4n) is 3.81. The molecular weight excluding hydrogens is 374 g/mol. The summed E-state index contributed by atoms with van der Waals surface area (Å²) in [5.41, 5.74) is 5.37. The number of hydrogen-bond acceptors (Lipinski definition) is 3. The van der Waals surface area contributed by atoms with Crippen LogP contribution >= 0.6 is 0 Å². The van der Waals surface area contributed by atoms with Gasteiger partial charge in [-0.2, -0.15) is 0 Å². The number of carbonyl (C=O) groups is 2. The lowest BCUT2D eigenvalue weighted by atomic mass is 10.1. The van der Waals surface area contributed by atoms with E-state index >= 15 is 0 Å². The highest BCUT2D eigenvalue weighted by Crippen LogP contribution is 2.29. The minimum atomic E-state index is -0.457. The lowest BCUT2D eigenvalue weighted by Crippen LogP contribution is -2.27. The number of ether oxygens (including phenoxy) is 1. The SMILES string of the molecule is Cc1ccc(C)c(N2C[C@@H](C(=O)Oc3ccc(Cc4ccccc4)cc3)CC2=O)c1. The van der Waals surface area contributed by atoms with Crippen LogP contribution in [0, 0.1) is 19.8 Å². The summed E-state index contributed by atoms with van der Waals surface area (Å²) in [7, 11) is 0. The first-order chi connectivity index (χ1) is 14.5. The first-order valence-corrected chi connectivity index (χ1v) is 10.2. The number of hydrogen-bond donors (Lipinski definition) is 0. The van der Waals surface area contributed by atoms with Gasteiger partial charge in [-0.25, -0.2) is 0 Å². The zero-order chi connectivity index (χ0) is 21.1. The van der Waals surface area contributed by atoms with Crippen molar-refractivity contribution in [2.24, 2.45) is 5.92 Å². The van der Waals surface area contributed by atoms with E-state index in [-0.39, 0.29) is 18.3 Å². The number of rotatable bonds is 5. The van der Waals surface area contributed by atoms with Crippen molar-refractivity contribution >= 4 is 17.6 Å². The van der Waals surface area contributed by atoms with E-state index in [0.29, 0.717) is 12.3 Å².